The fraction of sp³-hybridized carbons (Fsp3) is 0.667. The molecule has 0 amide bonds. The number of likely N-dealkylation sites (tertiary alicyclic amines) is 1. The fourth-order valence-electron chi connectivity index (χ4n) is 2.37. The summed E-state index contributed by atoms with van der Waals surface area (Å²) < 4.78 is 1.95. The van der Waals surface area contributed by atoms with Crippen LogP contribution in [0.15, 0.2) is 12.3 Å². The van der Waals surface area contributed by atoms with Crippen molar-refractivity contribution in [1.29, 1.82) is 0 Å². The van der Waals surface area contributed by atoms with E-state index in [1.165, 1.54) is 0 Å². The smallest absolute Gasteiger partial charge is 0.310 e. The van der Waals surface area contributed by atoms with Crippen LogP contribution < -0.4 is 0 Å². The van der Waals surface area contributed by atoms with Crippen LogP contribution in [0.5, 0.6) is 0 Å². The summed E-state index contributed by atoms with van der Waals surface area (Å²) in [7, 11) is 0. The van der Waals surface area contributed by atoms with Crippen LogP contribution in [0.25, 0.3) is 0 Å². The maximum atomic E-state index is 11.2. The Bertz CT molecular complexity index is 416. The number of rotatable bonds is 4. The van der Waals surface area contributed by atoms with Crippen LogP contribution in [0.1, 0.15) is 26.0 Å². The minimum atomic E-state index is -0.691. The molecule has 0 saturated carbocycles. The highest BCUT2D eigenvalue weighted by Gasteiger charge is 2.40. The van der Waals surface area contributed by atoms with Gasteiger partial charge < -0.3 is 5.11 Å². The summed E-state index contributed by atoms with van der Waals surface area (Å²) >= 11 is 0. The first-order valence-corrected chi connectivity index (χ1v) is 6.01. The number of carboxylic acids is 1. The maximum Gasteiger partial charge on any atom is 0.310 e. The molecule has 1 unspecified atom stereocenters. The highest BCUT2D eigenvalue weighted by molar-refractivity contribution is 5.74. The van der Waals surface area contributed by atoms with Gasteiger partial charge in [0.05, 0.1) is 11.1 Å². The summed E-state index contributed by atoms with van der Waals surface area (Å²) in [5.41, 5.74) is 0.569. The van der Waals surface area contributed by atoms with Crippen molar-refractivity contribution in [2.45, 2.75) is 33.4 Å². The third-order valence-corrected chi connectivity index (χ3v) is 3.56. The molecule has 1 aromatic rings. The van der Waals surface area contributed by atoms with Gasteiger partial charge in [0.25, 0.3) is 0 Å². The van der Waals surface area contributed by atoms with Crippen molar-refractivity contribution in [2.75, 3.05) is 13.1 Å². The van der Waals surface area contributed by atoms with E-state index in [9.17, 15) is 9.90 Å². The SMILES string of the molecule is CCn1nccc1CN1CCC(C)(C(=O)O)C1. The van der Waals surface area contributed by atoms with E-state index in [1.807, 2.05) is 17.7 Å². The summed E-state index contributed by atoms with van der Waals surface area (Å²) in [5.74, 6) is -0.691. The fourth-order valence-corrected chi connectivity index (χ4v) is 2.37. The molecule has 1 aromatic heterocycles. The molecule has 0 bridgehead atoms. The number of aliphatic carboxylic acids is 1. The number of aromatic nitrogens is 2. The first-order chi connectivity index (χ1) is 8.05. The molecule has 0 aliphatic carbocycles. The normalized spacial score (nSPS) is 25.3. The first-order valence-electron chi connectivity index (χ1n) is 6.01. The van der Waals surface area contributed by atoms with Crippen molar-refractivity contribution in [3.05, 3.63) is 18.0 Å². The summed E-state index contributed by atoms with van der Waals surface area (Å²) in [4.78, 5) is 13.3. The third kappa shape index (κ3) is 2.34. The lowest BCUT2D eigenvalue weighted by atomic mass is 9.90. The van der Waals surface area contributed by atoms with E-state index >= 15 is 0 Å². The van der Waals surface area contributed by atoms with Crippen molar-refractivity contribution < 1.29 is 9.90 Å². The second-order valence-electron chi connectivity index (χ2n) is 4.96. The monoisotopic (exact) mass is 237 g/mol. The Morgan fingerprint density at radius 3 is 3.00 bits per heavy atom. The zero-order valence-corrected chi connectivity index (χ0v) is 10.4. The number of aryl methyl sites for hydroxylation is 1. The molecule has 0 spiro atoms. The summed E-state index contributed by atoms with van der Waals surface area (Å²) in [6.07, 6.45) is 2.52. The van der Waals surface area contributed by atoms with E-state index < -0.39 is 11.4 Å². The molecule has 17 heavy (non-hydrogen) atoms. The minimum absolute atomic E-state index is 0.586. The average Bonchev–Trinajstić information content (AvgIpc) is 2.87. The molecule has 1 saturated heterocycles. The Morgan fingerprint density at radius 1 is 1.65 bits per heavy atom. The Hall–Kier alpha value is -1.36. The molecule has 1 aliphatic rings. The van der Waals surface area contributed by atoms with E-state index in [-0.39, 0.29) is 0 Å². The lowest BCUT2D eigenvalue weighted by molar-refractivity contribution is -0.147. The van der Waals surface area contributed by atoms with E-state index in [0.29, 0.717) is 6.54 Å². The molecule has 5 heteroatoms. The van der Waals surface area contributed by atoms with Crippen molar-refractivity contribution >= 4 is 5.97 Å². The Morgan fingerprint density at radius 2 is 2.41 bits per heavy atom. The van der Waals surface area contributed by atoms with Crippen LogP contribution in [-0.2, 0) is 17.9 Å². The number of carboxylic acid groups (broad SMARTS) is 1. The molecule has 5 nitrogen and oxygen atoms in total. The standard InChI is InChI=1S/C12H19N3O2/c1-3-15-10(4-6-13-15)8-14-7-5-12(2,9-14)11(16)17/h4,6H,3,5,7-9H2,1-2H3,(H,16,17). The highest BCUT2D eigenvalue weighted by Crippen LogP contribution is 2.30. The zero-order chi connectivity index (χ0) is 12.5. The molecule has 1 N–H and O–H groups in total. The van der Waals surface area contributed by atoms with Gasteiger partial charge in [-0.3, -0.25) is 14.4 Å². The van der Waals surface area contributed by atoms with Gasteiger partial charge in [0.15, 0.2) is 0 Å². The second-order valence-corrected chi connectivity index (χ2v) is 4.96. The quantitative estimate of drug-likeness (QED) is 0.855. The van der Waals surface area contributed by atoms with Gasteiger partial charge in [-0.15, -0.1) is 0 Å². The van der Waals surface area contributed by atoms with Crippen LogP contribution in [0.2, 0.25) is 0 Å². The summed E-state index contributed by atoms with van der Waals surface area (Å²) in [6, 6.07) is 2.00. The number of nitrogens with zero attached hydrogens (tertiary/aromatic N) is 3. The molecule has 1 atom stereocenters. The Labute approximate surface area is 101 Å². The van der Waals surface area contributed by atoms with Crippen LogP contribution in [0.4, 0.5) is 0 Å². The molecule has 1 aliphatic heterocycles. The highest BCUT2D eigenvalue weighted by atomic mass is 16.4. The summed E-state index contributed by atoms with van der Waals surface area (Å²) in [5, 5.41) is 13.4. The van der Waals surface area contributed by atoms with E-state index in [0.717, 1.165) is 31.7 Å². The predicted molar refractivity (Wildman–Crippen MR) is 63.5 cm³/mol. The van der Waals surface area contributed by atoms with Gasteiger partial charge >= 0.3 is 5.97 Å². The topological polar surface area (TPSA) is 58.4 Å². The van der Waals surface area contributed by atoms with Crippen LogP contribution >= 0.6 is 0 Å². The van der Waals surface area contributed by atoms with Gasteiger partial charge in [0.1, 0.15) is 0 Å². The van der Waals surface area contributed by atoms with Gasteiger partial charge in [0.2, 0.25) is 0 Å². The largest absolute Gasteiger partial charge is 0.481 e. The number of hydrogen-bond donors (Lipinski definition) is 1. The van der Waals surface area contributed by atoms with Gasteiger partial charge in [-0.05, 0) is 32.9 Å². The van der Waals surface area contributed by atoms with Gasteiger partial charge in [-0.1, -0.05) is 0 Å². The molecule has 0 aromatic carbocycles. The van der Waals surface area contributed by atoms with Gasteiger partial charge in [0, 0.05) is 25.8 Å². The second kappa shape index (κ2) is 4.49. The van der Waals surface area contributed by atoms with Crippen molar-refractivity contribution in [2.24, 2.45) is 5.41 Å². The Balaban J connectivity index is 2.01. The number of carbonyl (C=O) groups is 1. The van der Waals surface area contributed by atoms with Gasteiger partial charge in [-0.25, -0.2) is 0 Å². The van der Waals surface area contributed by atoms with Crippen LogP contribution in [-0.4, -0.2) is 38.8 Å². The van der Waals surface area contributed by atoms with Crippen LogP contribution in [0.3, 0.4) is 0 Å². The maximum absolute atomic E-state index is 11.2. The van der Waals surface area contributed by atoms with E-state index in [4.69, 9.17) is 0 Å². The molecule has 2 rings (SSSR count). The molecular weight excluding hydrogens is 218 g/mol. The van der Waals surface area contributed by atoms with Crippen LogP contribution in [0, 0.1) is 5.41 Å². The zero-order valence-electron chi connectivity index (χ0n) is 10.4. The van der Waals surface area contributed by atoms with Crippen molar-refractivity contribution in [3.8, 4) is 0 Å². The van der Waals surface area contributed by atoms with Crippen molar-refractivity contribution in [3.63, 3.8) is 0 Å². The molecule has 94 valence electrons. The molecule has 1 fully saturated rings. The van der Waals surface area contributed by atoms with E-state index in [2.05, 4.69) is 16.9 Å². The minimum Gasteiger partial charge on any atom is -0.481 e. The first kappa shape index (κ1) is 12.1. The van der Waals surface area contributed by atoms with E-state index in [1.54, 1.807) is 6.20 Å². The van der Waals surface area contributed by atoms with Gasteiger partial charge in [-0.2, -0.15) is 5.10 Å². The predicted octanol–water partition coefficient (Wildman–Crippen LogP) is 1.20. The molecular formula is C12H19N3O2. The Kier molecular flexibility index (Phi) is 3.19. The molecule has 0 radical (unpaired) electrons. The number of hydrogen-bond acceptors (Lipinski definition) is 3. The molecule has 2 heterocycles. The van der Waals surface area contributed by atoms with Crippen molar-refractivity contribution in [1.82, 2.24) is 14.7 Å². The lowest BCUT2D eigenvalue weighted by Crippen LogP contribution is -2.31. The lowest BCUT2D eigenvalue weighted by Gasteiger charge is -2.20. The average molecular weight is 237 g/mol. The third-order valence-electron chi connectivity index (χ3n) is 3.56. The summed E-state index contributed by atoms with van der Waals surface area (Å²) in [6.45, 7) is 6.99.